The molecule has 1 amide bonds. The normalized spacial score (nSPS) is 10.4. The summed E-state index contributed by atoms with van der Waals surface area (Å²) in [4.78, 5) is 31.3. The Kier molecular flexibility index (Phi) is 6.04. The van der Waals surface area contributed by atoms with E-state index >= 15 is 0 Å². The van der Waals surface area contributed by atoms with Crippen molar-refractivity contribution in [2.45, 2.75) is 19.9 Å². The van der Waals surface area contributed by atoms with Crippen molar-refractivity contribution in [3.8, 4) is 0 Å². The number of anilines is 1. The predicted molar refractivity (Wildman–Crippen MR) is 103 cm³/mol. The van der Waals surface area contributed by atoms with Crippen molar-refractivity contribution in [2.75, 3.05) is 18.9 Å². The first-order chi connectivity index (χ1) is 13.1. The van der Waals surface area contributed by atoms with Gasteiger partial charge >= 0.3 is 0 Å². The number of nitrogens with one attached hydrogen (secondary N) is 1. The molecule has 0 aliphatic rings. The van der Waals surface area contributed by atoms with Crippen molar-refractivity contribution in [3.63, 3.8) is 0 Å². The van der Waals surface area contributed by atoms with Crippen LogP contribution >= 0.6 is 0 Å². The van der Waals surface area contributed by atoms with Crippen LogP contribution in [-0.2, 0) is 13.0 Å². The summed E-state index contributed by atoms with van der Waals surface area (Å²) in [5, 5.41) is 3.20. The zero-order chi connectivity index (χ0) is 19.1. The van der Waals surface area contributed by atoms with E-state index in [1.165, 1.54) is 0 Å². The minimum absolute atomic E-state index is 0.129. The fourth-order valence-electron chi connectivity index (χ4n) is 2.59. The van der Waals surface area contributed by atoms with E-state index in [0.717, 1.165) is 17.7 Å². The van der Waals surface area contributed by atoms with Gasteiger partial charge in [-0.25, -0.2) is 9.97 Å². The van der Waals surface area contributed by atoms with Crippen LogP contribution in [0.15, 0.2) is 55.0 Å². The van der Waals surface area contributed by atoms with Crippen molar-refractivity contribution in [2.24, 2.45) is 0 Å². The Morgan fingerprint density at radius 1 is 1.11 bits per heavy atom. The number of nitrogens with zero attached hydrogens (tertiary/aromatic N) is 5. The number of hydrogen-bond donors (Lipinski definition) is 1. The molecule has 0 aliphatic carbocycles. The van der Waals surface area contributed by atoms with E-state index < -0.39 is 0 Å². The van der Waals surface area contributed by atoms with Crippen LogP contribution in [0.5, 0.6) is 0 Å². The highest BCUT2D eigenvalue weighted by Crippen LogP contribution is 2.11. The van der Waals surface area contributed by atoms with Crippen LogP contribution in [0.1, 0.15) is 27.6 Å². The minimum atomic E-state index is -0.129. The van der Waals surface area contributed by atoms with Gasteiger partial charge in [-0.3, -0.25) is 14.8 Å². The van der Waals surface area contributed by atoms with Crippen molar-refractivity contribution in [1.82, 2.24) is 24.8 Å². The summed E-state index contributed by atoms with van der Waals surface area (Å²) >= 11 is 0. The topological polar surface area (TPSA) is 83.9 Å². The lowest BCUT2D eigenvalue weighted by Crippen LogP contribution is -2.30. The largest absolute Gasteiger partial charge is 0.364 e. The van der Waals surface area contributed by atoms with Gasteiger partial charge in [0.1, 0.15) is 17.3 Å². The molecule has 3 heterocycles. The molecule has 1 N–H and O–H groups in total. The van der Waals surface area contributed by atoms with Gasteiger partial charge in [-0.2, -0.15) is 0 Å². The first-order valence-corrected chi connectivity index (χ1v) is 8.75. The summed E-state index contributed by atoms with van der Waals surface area (Å²) < 4.78 is 0. The zero-order valence-corrected chi connectivity index (χ0v) is 15.5. The fourth-order valence-corrected chi connectivity index (χ4v) is 2.59. The first-order valence-electron chi connectivity index (χ1n) is 8.75. The Labute approximate surface area is 158 Å². The van der Waals surface area contributed by atoms with Crippen LogP contribution in [0, 0.1) is 6.92 Å². The molecule has 0 unspecified atom stereocenters. The van der Waals surface area contributed by atoms with Gasteiger partial charge in [-0.15, -0.1) is 0 Å². The van der Waals surface area contributed by atoms with Crippen LogP contribution < -0.4 is 5.32 Å². The lowest BCUT2D eigenvalue weighted by atomic mass is 10.2. The molecule has 0 aliphatic heterocycles. The molecule has 7 nitrogen and oxygen atoms in total. The van der Waals surface area contributed by atoms with Crippen LogP contribution in [0.4, 0.5) is 5.82 Å². The Morgan fingerprint density at radius 2 is 1.93 bits per heavy atom. The molecule has 3 rings (SSSR count). The molecule has 0 saturated carbocycles. The van der Waals surface area contributed by atoms with Gasteiger partial charge in [0.2, 0.25) is 0 Å². The number of likely N-dealkylation sites (N-methyl/N-ethyl adjacent to an activating group) is 1. The highest BCUT2D eigenvalue weighted by atomic mass is 16.2. The summed E-state index contributed by atoms with van der Waals surface area (Å²) in [5.41, 5.74) is 2.42. The third-order valence-electron chi connectivity index (χ3n) is 4.07. The monoisotopic (exact) mass is 362 g/mol. The summed E-state index contributed by atoms with van der Waals surface area (Å²) in [6.07, 6.45) is 6.02. The fraction of sp³-hybridized carbons (Fsp3) is 0.250. The number of hydrogen-bond acceptors (Lipinski definition) is 6. The Morgan fingerprint density at radius 3 is 2.67 bits per heavy atom. The van der Waals surface area contributed by atoms with Gasteiger partial charge in [0.05, 0.1) is 12.2 Å². The van der Waals surface area contributed by atoms with Gasteiger partial charge in [0.15, 0.2) is 0 Å². The highest BCUT2D eigenvalue weighted by Gasteiger charge is 2.15. The number of pyridine rings is 2. The SMILES string of the molecule is Cc1nc(NCc2ccccn2)cc(C(=O)N(C)CCc2ccncc2)n1. The van der Waals surface area contributed by atoms with E-state index in [2.05, 4.69) is 25.3 Å². The average molecular weight is 362 g/mol. The molecule has 0 saturated heterocycles. The van der Waals surface area contributed by atoms with Gasteiger partial charge < -0.3 is 10.2 Å². The third-order valence-corrected chi connectivity index (χ3v) is 4.07. The van der Waals surface area contributed by atoms with Gasteiger partial charge in [-0.05, 0) is 43.2 Å². The second-order valence-electron chi connectivity index (χ2n) is 6.19. The van der Waals surface area contributed by atoms with Crippen molar-refractivity contribution in [3.05, 3.63) is 77.8 Å². The van der Waals surface area contributed by atoms with E-state index in [1.54, 1.807) is 43.5 Å². The van der Waals surface area contributed by atoms with E-state index in [4.69, 9.17) is 0 Å². The second kappa shape index (κ2) is 8.84. The zero-order valence-electron chi connectivity index (χ0n) is 15.5. The molecule has 7 heteroatoms. The minimum Gasteiger partial charge on any atom is -0.364 e. The summed E-state index contributed by atoms with van der Waals surface area (Å²) in [6, 6.07) is 11.3. The standard InChI is InChI=1S/C20H22N6O/c1-15-24-18(13-19(25-15)23-14-17-5-3-4-9-22-17)20(27)26(2)12-8-16-6-10-21-11-7-16/h3-7,9-11,13H,8,12,14H2,1-2H3,(H,23,24,25). The van der Waals surface area contributed by atoms with E-state index in [0.29, 0.717) is 30.4 Å². The smallest absolute Gasteiger partial charge is 0.272 e. The van der Waals surface area contributed by atoms with Crippen LogP contribution in [0.25, 0.3) is 0 Å². The van der Waals surface area contributed by atoms with Crippen molar-refractivity contribution in [1.29, 1.82) is 0 Å². The molecule has 0 spiro atoms. The van der Waals surface area contributed by atoms with Gasteiger partial charge in [0, 0.05) is 38.2 Å². The Hall–Kier alpha value is -3.35. The third kappa shape index (κ3) is 5.31. The summed E-state index contributed by atoms with van der Waals surface area (Å²) in [5.74, 6) is 1.03. The molecular weight excluding hydrogens is 340 g/mol. The molecule has 0 bridgehead atoms. The van der Waals surface area contributed by atoms with Crippen molar-refractivity contribution < 1.29 is 4.79 Å². The maximum absolute atomic E-state index is 12.7. The number of amides is 1. The van der Waals surface area contributed by atoms with E-state index in [9.17, 15) is 4.79 Å². The van der Waals surface area contributed by atoms with Gasteiger partial charge in [0.25, 0.3) is 5.91 Å². The maximum atomic E-state index is 12.7. The lowest BCUT2D eigenvalue weighted by Gasteiger charge is -2.17. The molecular formula is C20H22N6O. The number of aryl methyl sites for hydroxylation is 1. The Bertz CT molecular complexity index is 885. The lowest BCUT2D eigenvalue weighted by molar-refractivity contribution is 0.0790. The number of aromatic nitrogens is 4. The summed E-state index contributed by atoms with van der Waals surface area (Å²) in [7, 11) is 1.78. The number of carbonyl (C=O) groups excluding carboxylic acids is 1. The first kappa shape index (κ1) is 18.4. The molecule has 0 atom stereocenters. The van der Waals surface area contributed by atoms with E-state index in [1.807, 2.05) is 30.3 Å². The molecule has 27 heavy (non-hydrogen) atoms. The average Bonchev–Trinajstić information content (AvgIpc) is 2.71. The molecule has 3 aromatic rings. The van der Waals surface area contributed by atoms with Gasteiger partial charge in [-0.1, -0.05) is 6.07 Å². The highest BCUT2D eigenvalue weighted by molar-refractivity contribution is 5.92. The molecule has 0 radical (unpaired) electrons. The van der Waals surface area contributed by atoms with Crippen LogP contribution in [0.2, 0.25) is 0 Å². The number of carbonyl (C=O) groups is 1. The number of rotatable bonds is 7. The quantitative estimate of drug-likeness (QED) is 0.695. The second-order valence-corrected chi connectivity index (χ2v) is 6.19. The maximum Gasteiger partial charge on any atom is 0.272 e. The molecule has 0 fully saturated rings. The van der Waals surface area contributed by atoms with E-state index in [-0.39, 0.29) is 5.91 Å². The molecule has 0 aromatic carbocycles. The van der Waals surface area contributed by atoms with Crippen LogP contribution in [-0.4, -0.2) is 44.3 Å². The molecule has 3 aromatic heterocycles. The molecule has 138 valence electrons. The Balaban J connectivity index is 1.64. The predicted octanol–water partition coefficient (Wildman–Crippen LogP) is 2.50. The van der Waals surface area contributed by atoms with Crippen LogP contribution in [0.3, 0.4) is 0 Å². The van der Waals surface area contributed by atoms with Crippen molar-refractivity contribution >= 4 is 11.7 Å². The summed E-state index contributed by atoms with van der Waals surface area (Å²) in [6.45, 7) is 2.91.